The van der Waals surface area contributed by atoms with Gasteiger partial charge < -0.3 is 14.2 Å². The van der Waals surface area contributed by atoms with E-state index in [0.717, 1.165) is 16.7 Å². The molecular weight excluding hydrogens is 466 g/mol. The van der Waals surface area contributed by atoms with Crippen molar-refractivity contribution in [1.29, 1.82) is 0 Å². The number of carbonyl (C=O) groups is 4. The van der Waals surface area contributed by atoms with Gasteiger partial charge >= 0.3 is 11.9 Å². The van der Waals surface area contributed by atoms with Gasteiger partial charge in [-0.25, -0.2) is 4.79 Å². The van der Waals surface area contributed by atoms with Crippen molar-refractivity contribution < 1.29 is 33.4 Å². The molecule has 0 unspecified atom stereocenters. The molecule has 0 saturated carbocycles. The molecule has 8 nitrogen and oxygen atoms in total. The largest absolute Gasteiger partial charge is 0.481 e. The number of imide groups is 1. The lowest BCUT2D eigenvalue weighted by Crippen LogP contribution is -2.35. The summed E-state index contributed by atoms with van der Waals surface area (Å²) in [4.78, 5) is 48.7. The van der Waals surface area contributed by atoms with Gasteiger partial charge in [0.15, 0.2) is 6.61 Å². The van der Waals surface area contributed by atoms with Crippen LogP contribution in [0.25, 0.3) is 6.08 Å². The number of halogens is 1. The first kappa shape index (κ1) is 23.0. The summed E-state index contributed by atoms with van der Waals surface area (Å²) in [6, 6.07) is 4.98. The Bertz CT molecular complexity index is 853. The number of hydrogen-bond acceptors (Lipinski definition) is 8. The number of amides is 2. The first-order chi connectivity index (χ1) is 13.7. The lowest BCUT2D eigenvalue weighted by molar-refractivity contribution is -0.149. The number of esters is 2. The lowest BCUT2D eigenvalue weighted by Gasteiger charge is -2.13. The first-order valence-corrected chi connectivity index (χ1v) is 10.3. The maximum atomic E-state index is 12.5. The molecular formula is C19H20BrNO7S. The predicted molar refractivity (Wildman–Crippen MR) is 110 cm³/mol. The van der Waals surface area contributed by atoms with Gasteiger partial charge in [-0.1, -0.05) is 6.07 Å². The smallest absolute Gasteiger partial charge is 0.344 e. The summed E-state index contributed by atoms with van der Waals surface area (Å²) in [5, 5.41) is -0.532. The highest BCUT2D eigenvalue weighted by molar-refractivity contribution is 9.10. The maximum absolute atomic E-state index is 12.5. The minimum Gasteiger partial charge on any atom is -0.481 e. The van der Waals surface area contributed by atoms with Crippen LogP contribution in [0.1, 0.15) is 26.3 Å². The Labute approximate surface area is 180 Å². The minimum atomic E-state index is -0.644. The molecule has 1 aliphatic heterocycles. The van der Waals surface area contributed by atoms with Crippen molar-refractivity contribution in [3.63, 3.8) is 0 Å². The zero-order valence-electron chi connectivity index (χ0n) is 16.1. The van der Waals surface area contributed by atoms with Crippen molar-refractivity contribution in [1.82, 2.24) is 4.90 Å². The Morgan fingerprint density at radius 3 is 2.59 bits per heavy atom. The second kappa shape index (κ2) is 10.4. The van der Waals surface area contributed by atoms with E-state index in [1.165, 1.54) is 0 Å². The normalized spacial score (nSPS) is 15.2. The topological polar surface area (TPSA) is 99.2 Å². The van der Waals surface area contributed by atoms with E-state index in [4.69, 9.17) is 14.2 Å². The van der Waals surface area contributed by atoms with Crippen molar-refractivity contribution in [2.24, 2.45) is 0 Å². The van der Waals surface area contributed by atoms with Crippen molar-refractivity contribution >= 4 is 56.9 Å². The third kappa shape index (κ3) is 6.60. The maximum Gasteiger partial charge on any atom is 0.344 e. The fourth-order valence-corrected chi connectivity index (χ4v) is 3.63. The molecule has 0 spiro atoms. The number of carbonyl (C=O) groups excluding carboxylic acids is 4. The summed E-state index contributed by atoms with van der Waals surface area (Å²) < 4.78 is 15.7. The average molecular weight is 486 g/mol. The summed E-state index contributed by atoms with van der Waals surface area (Å²) in [6.45, 7) is 4.69. The number of ether oxygens (including phenoxy) is 3. The third-order valence-corrected chi connectivity index (χ3v) is 4.96. The summed E-state index contributed by atoms with van der Waals surface area (Å²) in [7, 11) is 0. The van der Waals surface area contributed by atoms with Crippen molar-refractivity contribution in [3.8, 4) is 5.75 Å². The number of thioether (sulfide) groups is 1. The molecule has 2 amide bonds. The first-order valence-electron chi connectivity index (χ1n) is 8.74. The summed E-state index contributed by atoms with van der Waals surface area (Å²) in [6.07, 6.45) is 1.21. The van der Waals surface area contributed by atoms with Crippen LogP contribution in [0, 0.1) is 0 Å². The molecule has 1 saturated heterocycles. The molecule has 0 N–H and O–H groups in total. The molecule has 1 heterocycles. The Kier molecular flexibility index (Phi) is 8.27. The molecule has 1 fully saturated rings. The third-order valence-electron chi connectivity index (χ3n) is 3.43. The molecule has 1 aromatic carbocycles. The van der Waals surface area contributed by atoms with Crippen LogP contribution in [0.4, 0.5) is 4.79 Å². The van der Waals surface area contributed by atoms with Gasteiger partial charge in [-0.3, -0.25) is 19.3 Å². The van der Waals surface area contributed by atoms with Crippen LogP contribution >= 0.6 is 27.7 Å². The molecule has 0 bridgehead atoms. The van der Waals surface area contributed by atoms with Crippen LogP contribution in [-0.2, 0) is 23.9 Å². The van der Waals surface area contributed by atoms with Gasteiger partial charge in [0.2, 0.25) is 0 Å². The number of nitrogens with zero attached hydrogens (tertiary/aromatic N) is 1. The van der Waals surface area contributed by atoms with Crippen molar-refractivity contribution in [2.45, 2.75) is 26.9 Å². The van der Waals surface area contributed by atoms with Crippen LogP contribution in [0.15, 0.2) is 27.6 Å². The highest BCUT2D eigenvalue weighted by Crippen LogP contribution is 2.33. The number of hydrogen-bond donors (Lipinski definition) is 0. The van der Waals surface area contributed by atoms with Crippen molar-refractivity contribution in [3.05, 3.63) is 33.1 Å². The van der Waals surface area contributed by atoms with E-state index in [2.05, 4.69) is 15.9 Å². The van der Waals surface area contributed by atoms with Crippen molar-refractivity contribution in [2.75, 3.05) is 19.8 Å². The molecule has 29 heavy (non-hydrogen) atoms. The van der Waals surface area contributed by atoms with Crippen LogP contribution in [-0.4, -0.2) is 53.8 Å². The number of rotatable bonds is 8. The van der Waals surface area contributed by atoms with E-state index in [-0.39, 0.29) is 24.2 Å². The van der Waals surface area contributed by atoms with Gasteiger partial charge in [-0.2, -0.15) is 0 Å². The van der Waals surface area contributed by atoms with Crippen LogP contribution in [0.5, 0.6) is 5.75 Å². The molecule has 2 rings (SSSR count). The highest BCUT2D eigenvalue weighted by atomic mass is 79.9. The lowest BCUT2D eigenvalue weighted by atomic mass is 10.2. The van der Waals surface area contributed by atoms with E-state index in [1.54, 1.807) is 45.0 Å². The fourth-order valence-electron chi connectivity index (χ4n) is 2.28. The fraction of sp³-hybridized carbons (Fsp3) is 0.368. The molecule has 0 atom stereocenters. The second-order valence-corrected chi connectivity index (χ2v) is 7.94. The minimum absolute atomic E-state index is 0.194. The van der Waals surface area contributed by atoms with E-state index >= 15 is 0 Å². The van der Waals surface area contributed by atoms with Gasteiger partial charge in [0.05, 0.1) is 22.1 Å². The molecule has 1 aromatic rings. The Morgan fingerprint density at radius 2 is 1.97 bits per heavy atom. The van der Waals surface area contributed by atoms with E-state index in [9.17, 15) is 19.2 Å². The monoisotopic (exact) mass is 485 g/mol. The second-order valence-electron chi connectivity index (χ2n) is 6.09. The Morgan fingerprint density at radius 1 is 1.24 bits per heavy atom. The van der Waals surface area contributed by atoms with Gasteiger partial charge in [-0.05, 0) is 72.2 Å². The van der Waals surface area contributed by atoms with Crippen LogP contribution < -0.4 is 4.74 Å². The molecule has 0 radical (unpaired) electrons. The van der Waals surface area contributed by atoms with Crippen LogP contribution in [0.2, 0.25) is 0 Å². The number of benzene rings is 1. The summed E-state index contributed by atoms with van der Waals surface area (Å²) in [5.41, 5.74) is 0.635. The Hall–Kier alpha value is -2.33. The van der Waals surface area contributed by atoms with Gasteiger partial charge in [0, 0.05) is 0 Å². The van der Waals surface area contributed by atoms with Gasteiger partial charge in [-0.15, -0.1) is 0 Å². The van der Waals surface area contributed by atoms with E-state index in [0.29, 0.717) is 15.8 Å². The molecule has 0 aliphatic carbocycles. The zero-order chi connectivity index (χ0) is 21.6. The van der Waals surface area contributed by atoms with Gasteiger partial charge in [0.1, 0.15) is 12.3 Å². The predicted octanol–water partition coefficient (Wildman–Crippen LogP) is 3.38. The van der Waals surface area contributed by atoms with E-state index in [1.807, 2.05) is 0 Å². The van der Waals surface area contributed by atoms with Gasteiger partial charge in [0.25, 0.3) is 11.1 Å². The highest BCUT2D eigenvalue weighted by Gasteiger charge is 2.36. The summed E-state index contributed by atoms with van der Waals surface area (Å²) >= 11 is 4.09. The SMILES string of the molecule is CCOC(=O)COc1ccc(/C=C2/SC(=O)N(CC(=O)OC(C)C)C2=O)cc1Br. The molecule has 1 aliphatic rings. The average Bonchev–Trinajstić information content (AvgIpc) is 2.88. The molecule has 0 aromatic heterocycles. The standard InChI is InChI=1S/C19H20BrNO7S/c1-4-26-17(23)10-27-14-6-5-12(7-13(14)20)8-15-18(24)21(19(25)29-15)9-16(22)28-11(2)3/h5-8,11H,4,9-10H2,1-3H3/b15-8+. The van der Waals surface area contributed by atoms with Crippen LogP contribution in [0.3, 0.4) is 0 Å². The molecule has 10 heteroatoms. The molecule has 156 valence electrons. The Balaban J connectivity index is 2.07. The summed E-state index contributed by atoms with van der Waals surface area (Å²) in [5.74, 6) is -1.25. The quantitative estimate of drug-likeness (QED) is 0.408. The van der Waals surface area contributed by atoms with E-state index < -0.39 is 29.6 Å². The zero-order valence-corrected chi connectivity index (χ0v) is 18.5.